The molecule has 1 aliphatic rings. The molecule has 1 fully saturated rings. The molecule has 2 amide bonds. The number of benzene rings is 2. The lowest BCUT2D eigenvalue weighted by molar-refractivity contribution is 0.0792. The Morgan fingerprint density at radius 2 is 2.00 bits per heavy atom. The van der Waals surface area contributed by atoms with E-state index in [9.17, 15) is 14.0 Å². The molecule has 0 aromatic heterocycles. The first kappa shape index (κ1) is 17.0. The van der Waals surface area contributed by atoms with Gasteiger partial charge in [-0.05, 0) is 36.2 Å². The average molecular weight is 342 g/mol. The van der Waals surface area contributed by atoms with Gasteiger partial charge in [-0.2, -0.15) is 0 Å². The van der Waals surface area contributed by atoms with Crippen LogP contribution in [0.5, 0.6) is 0 Å². The predicted molar refractivity (Wildman–Crippen MR) is 92.1 cm³/mol. The molecule has 1 heterocycles. The lowest BCUT2D eigenvalue weighted by Crippen LogP contribution is -2.29. The highest BCUT2D eigenvalue weighted by Crippen LogP contribution is 2.29. The number of anilines is 1. The summed E-state index contributed by atoms with van der Waals surface area (Å²) in [5.41, 5.74) is 1.72. The first-order valence-corrected chi connectivity index (χ1v) is 8.07. The van der Waals surface area contributed by atoms with Crippen LogP contribution in [0.2, 0.25) is 0 Å². The Morgan fingerprint density at radius 1 is 1.20 bits per heavy atom. The largest absolute Gasteiger partial charge is 0.453 e. The normalized spacial score (nSPS) is 16.6. The van der Waals surface area contributed by atoms with Crippen LogP contribution in [0.25, 0.3) is 0 Å². The van der Waals surface area contributed by atoms with E-state index in [-0.39, 0.29) is 17.6 Å². The fraction of sp³-hybridized carbons (Fsp3) is 0.263. The Balaban J connectivity index is 1.75. The molecular weight excluding hydrogens is 323 g/mol. The molecule has 1 aliphatic heterocycles. The molecule has 130 valence electrons. The van der Waals surface area contributed by atoms with E-state index in [4.69, 9.17) is 0 Å². The molecule has 1 atom stereocenters. The highest BCUT2D eigenvalue weighted by atomic mass is 19.1. The molecule has 0 radical (unpaired) electrons. The van der Waals surface area contributed by atoms with E-state index in [0.29, 0.717) is 24.3 Å². The van der Waals surface area contributed by atoms with Crippen LogP contribution in [0.1, 0.15) is 28.3 Å². The summed E-state index contributed by atoms with van der Waals surface area (Å²) in [6.45, 7) is 1.11. The number of halogens is 1. The molecule has 3 rings (SSSR count). The summed E-state index contributed by atoms with van der Waals surface area (Å²) in [7, 11) is 1.27. The van der Waals surface area contributed by atoms with E-state index >= 15 is 0 Å². The highest BCUT2D eigenvalue weighted by Gasteiger charge is 2.29. The Bertz CT molecular complexity index is 794. The van der Waals surface area contributed by atoms with Crippen LogP contribution in [-0.4, -0.2) is 37.1 Å². The van der Waals surface area contributed by atoms with Gasteiger partial charge in [-0.25, -0.2) is 9.18 Å². The summed E-state index contributed by atoms with van der Waals surface area (Å²) < 4.78 is 18.0. The number of nitrogens with zero attached hydrogens (tertiary/aromatic N) is 1. The molecule has 0 unspecified atom stereocenters. The highest BCUT2D eigenvalue weighted by molar-refractivity contribution is 6.02. The third kappa shape index (κ3) is 3.79. The van der Waals surface area contributed by atoms with Crippen molar-refractivity contribution in [3.05, 3.63) is 65.5 Å². The summed E-state index contributed by atoms with van der Waals surface area (Å²) >= 11 is 0. The third-order valence-corrected chi connectivity index (χ3v) is 4.38. The van der Waals surface area contributed by atoms with Gasteiger partial charge in [-0.1, -0.05) is 24.3 Å². The number of nitrogens with one attached hydrogen (secondary N) is 1. The number of methoxy groups -OCH3 is 1. The van der Waals surface area contributed by atoms with Crippen LogP contribution in [-0.2, 0) is 4.74 Å². The van der Waals surface area contributed by atoms with Crippen LogP contribution in [0.3, 0.4) is 0 Å². The first-order valence-electron chi connectivity index (χ1n) is 8.07. The number of para-hydroxylation sites is 1. The maximum Gasteiger partial charge on any atom is 0.411 e. The number of amides is 2. The number of hydrogen-bond acceptors (Lipinski definition) is 3. The zero-order chi connectivity index (χ0) is 17.8. The van der Waals surface area contributed by atoms with Crippen molar-refractivity contribution in [2.45, 2.75) is 12.3 Å². The van der Waals surface area contributed by atoms with Crippen LogP contribution in [0.15, 0.2) is 48.5 Å². The summed E-state index contributed by atoms with van der Waals surface area (Å²) in [5, 5.41) is 2.56. The van der Waals surface area contributed by atoms with Crippen LogP contribution >= 0.6 is 0 Å². The SMILES string of the molecule is COC(=O)Nc1ccccc1C(=O)N1CC[C@@H](c2cccc(F)c2)C1. The summed E-state index contributed by atoms with van der Waals surface area (Å²) in [4.78, 5) is 26.0. The minimum Gasteiger partial charge on any atom is -0.453 e. The van der Waals surface area contributed by atoms with Crippen LogP contribution in [0, 0.1) is 5.82 Å². The lowest BCUT2D eigenvalue weighted by Gasteiger charge is -2.19. The average Bonchev–Trinajstić information content (AvgIpc) is 3.11. The van der Waals surface area contributed by atoms with Crippen molar-refractivity contribution in [1.29, 1.82) is 0 Å². The summed E-state index contributed by atoms with van der Waals surface area (Å²) in [6.07, 6.45) is 0.154. The lowest BCUT2D eigenvalue weighted by atomic mass is 9.98. The molecule has 2 aromatic carbocycles. The van der Waals surface area contributed by atoms with Gasteiger partial charge < -0.3 is 9.64 Å². The Morgan fingerprint density at radius 3 is 2.76 bits per heavy atom. The van der Waals surface area contributed by atoms with Gasteiger partial charge in [0.15, 0.2) is 0 Å². The minimum atomic E-state index is -0.626. The van der Waals surface area contributed by atoms with Crippen LogP contribution in [0.4, 0.5) is 14.9 Å². The van der Waals surface area contributed by atoms with Crippen LogP contribution < -0.4 is 5.32 Å². The number of rotatable bonds is 3. The van der Waals surface area contributed by atoms with E-state index < -0.39 is 6.09 Å². The molecular formula is C19H19FN2O3. The Labute approximate surface area is 145 Å². The summed E-state index contributed by atoms with van der Waals surface area (Å²) in [6, 6.07) is 13.3. The van der Waals surface area contributed by atoms with Gasteiger partial charge in [-0.15, -0.1) is 0 Å². The fourth-order valence-corrected chi connectivity index (χ4v) is 3.09. The summed E-state index contributed by atoms with van der Waals surface area (Å²) in [5.74, 6) is -0.318. The van der Waals surface area contributed by atoms with Gasteiger partial charge in [0.05, 0.1) is 18.4 Å². The fourth-order valence-electron chi connectivity index (χ4n) is 3.09. The van der Waals surface area contributed by atoms with E-state index in [1.54, 1.807) is 35.2 Å². The quantitative estimate of drug-likeness (QED) is 0.926. The van der Waals surface area contributed by atoms with Crippen molar-refractivity contribution in [3.63, 3.8) is 0 Å². The van der Waals surface area contributed by atoms with Gasteiger partial charge in [0.1, 0.15) is 5.82 Å². The van der Waals surface area contributed by atoms with Gasteiger partial charge in [0.25, 0.3) is 5.91 Å². The van der Waals surface area contributed by atoms with Crippen molar-refractivity contribution in [1.82, 2.24) is 4.90 Å². The number of ether oxygens (including phenoxy) is 1. The number of carbonyl (C=O) groups is 2. The molecule has 0 bridgehead atoms. The standard InChI is InChI=1S/C19H19FN2O3/c1-25-19(24)21-17-8-3-2-7-16(17)18(23)22-10-9-14(12-22)13-5-4-6-15(20)11-13/h2-8,11,14H,9-10,12H2,1H3,(H,21,24)/t14-/m1/s1. The zero-order valence-corrected chi connectivity index (χ0v) is 13.9. The molecule has 2 aromatic rings. The Kier molecular flexibility index (Phi) is 4.97. The molecule has 0 saturated carbocycles. The monoisotopic (exact) mass is 342 g/mol. The van der Waals surface area contributed by atoms with Gasteiger partial charge >= 0.3 is 6.09 Å². The van der Waals surface area contributed by atoms with E-state index in [2.05, 4.69) is 10.1 Å². The smallest absolute Gasteiger partial charge is 0.411 e. The Hall–Kier alpha value is -2.89. The van der Waals surface area contributed by atoms with Crippen molar-refractivity contribution in [3.8, 4) is 0 Å². The number of likely N-dealkylation sites (tertiary alicyclic amines) is 1. The molecule has 1 saturated heterocycles. The topological polar surface area (TPSA) is 58.6 Å². The van der Waals surface area contributed by atoms with Crippen molar-refractivity contribution in [2.75, 3.05) is 25.5 Å². The molecule has 6 heteroatoms. The molecule has 1 N–H and O–H groups in total. The first-order chi connectivity index (χ1) is 12.1. The molecule has 25 heavy (non-hydrogen) atoms. The number of carbonyl (C=O) groups excluding carboxylic acids is 2. The molecule has 0 aliphatic carbocycles. The van der Waals surface area contributed by atoms with Crippen molar-refractivity contribution >= 4 is 17.7 Å². The van der Waals surface area contributed by atoms with E-state index in [1.165, 1.54) is 19.2 Å². The van der Waals surface area contributed by atoms with Gasteiger partial charge in [0, 0.05) is 19.0 Å². The maximum atomic E-state index is 13.4. The predicted octanol–water partition coefficient (Wildman–Crippen LogP) is 3.63. The maximum absolute atomic E-state index is 13.4. The third-order valence-electron chi connectivity index (χ3n) is 4.38. The van der Waals surface area contributed by atoms with Crippen molar-refractivity contribution < 1.29 is 18.7 Å². The minimum absolute atomic E-state index is 0.111. The van der Waals surface area contributed by atoms with E-state index in [0.717, 1.165) is 12.0 Å². The molecule has 0 spiro atoms. The van der Waals surface area contributed by atoms with Gasteiger partial charge in [-0.3, -0.25) is 10.1 Å². The van der Waals surface area contributed by atoms with E-state index in [1.807, 2.05) is 6.07 Å². The van der Waals surface area contributed by atoms with Gasteiger partial charge in [0.2, 0.25) is 0 Å². The molecule has 5 nitrogen and oxygen atoms in total. The second kappa shape index (κ2) is 7.34. The zero-order valence-electron chi connectivity index (χ0n) is 13.9. The van der Waals surface area contributed by atoms with Crippen molar-refractivity contribution in [2.24, 2.45) is 0 Å². The number of hydrogen-bond donors (Lipinski definition) is 1. The second-order valence-corrected chi connectivity index (χ2v) is 5.95. The second-order valence-electron chi connectivity index (χ2n) is 5.95.